The van der Waals surface area contributed by atoms with Crippen molar-refractivity contribution < 1.29 is 18.7 Å². The first kappa shape index (κ1) is 23.7. The van der Waals surface area contributed by atoms with Crippen LogP contribution < -0.4 is 4.74 Å². The first-order valence-corrected chi connectivity index (χ1v) is 10.9. The third-order valence-electron chi connectivity index (χ3n) is 5.20. The second-order valence-electron chi connectivity index (χ2n) is 7.54. The molecule has 3 rings (SSSR count). The monoisotopic (exact) mass is 443 g/mol. The van der Waals surface area contributed by atoms with Gasteiger partial charge in [0.05, 0.1) is 24.8 Å². The Morgan fingerprint density at radius 3 is 2.15 bits per heavy atom. The summed E-state index contributed by atoms with van der Waals surface area (Å²) in [5, 5.41) is 8.91. The third-order valence-corrected chi connectivity index (χ3v) is 5.20. The molecular weight excluding hydrogens is 417 g/mol. The molecule has 4 nitrogen and oxygen atoms in total. The van der Waals surface area contributed by atoms with Crippen molar-refractivity contribution in [1.29, 1.82) is 5.26 Å². The minimum absolute atomic E-state index is 0.302. The predicted molar refractivity (Wildman–Crippen MR) is 127 cm³/mol. The summed E-state index contributed by atoms with van der Waals surface area (Å²) in [6.45, 7) is 4.37. The van der Waals surface area contributed by atoms with Gasteiger partial charge in [-0.1, -0.05) is 43.0 Å². The number of halogens is 1. The van der Waals surface area contributed by atoms with E-state index in [1.165, 1.54) is 12.1 Å². The van der Waals surface area contributed by atoms with E-state index in [0.717, 1.165) is 48.1 Å². The number of hydrogen-bond acceptors (Lipinski definition) is 4. The average Bonchev–Trinajstić information content (AvgIpc) is 2.86. The first-order chi connectivity index (χ1) is 16.1. The summed E-state index contributed by atoms with van der Waals surface area (Å²) in [6, 6.07) is 21.7. The van der Waals surface area contributed by atoms with Crippen LogP contribution in [-0.2, 0) is 9.53 Å². The van der Waals surface area contributed by atoms with E-state index in [0.29, 0.717) is 24.3 Å². The molecule has 0 aliphatic carbocycles. The topological polar surface area (TPSA) is 59.3 Å². The zero-order chi connectivity index (χ0) is 23.5. The molecule has 3 aromatic carbocycles. The van der Waals surface area contributed by atoms with Gasteiger partial charge < -0.3 is 9.47 Å². The van der Waals surface area contributed by atoms with Gasteiger partial charge in [0.2, 0.25) is 0 Å². The van der Waals surface area contributed by atoms with Crippen LogP contribution in [0, 0.1) is 17.1 Å². The number of carbonyl (C=O) groups is 1. The molecule has 0 spiro atoms. The lowest BCUT2D eigenvalue weighted by molar-refractivity contribution is -0.137. The number of rotatable bonds is 11. The van der Waals surface area contributed by atoms with Crippen molar-refractivity contribution in [1.82, 2.24) is 0 Å². The van der Waals surface area contributed by atoms with Gasteiger partial charge in [-0.2, -0.15) is 5.26 Å². The van der Waals surface area contributed by atoms with Crippen molar-refractivity contribution in [3.05, 3.63) is 90.8 Å². The SMILES string of the molecule is C=CC(=O)OCCCCCCOc1ccc(-c2ccc(-c3ccc(C#N)cc3)cc2F)cc1. The normalized spacial score (nSPS) is 10.3. The summed E-state index contributed by atoms with van der Waals surface area (Å²) in [6.07, 6.45) is 4.84. The Morgan fingerprint density at radius 2 is 1.52 bits per heavy atom. The fraction of sp³-hybridized carbons (Fsp3) is 0.214. The second kappa shape index (κ2) is 12.2. The molecule has 0 atom stereocenters. The lowest BCUT2D eigenvalue weighted by Gasteiger charge is -2.09. The van der Waals surface area contributed by atoms with Crippen molar-refractivity contribution in [3.8, 4) is 34.1 Å². The van der Waals surface area contributed by atoms with Crippen molar-refractivity contribution in [2.45, 2.75) is 25.7 Å². The van der Waals surface area contributed by atoms with Gasteiger partial charge in [-0.05, 0) is 72.7 Å². The van der Waals surface area contributed by atoms with E-state index < -0.39 is 0 Å². The Labute approximate surface area is 193 Å². The summed E-state index contributed by atoms with van der Waals surface area (Å²) in [4.78, 5) is 10.9. The van der Waals surface area contributed by atoms with Gasteiger partial charge in [-0.3, -0.25) is 0 Å². The molecule has 0 amide bonds. The molecule has 0 saturated carbocycles. The molecule has 33 heavy (non-hydrogen) atoms. The van der Waals surface area contributed by atoms with Crippen LogP contribution in [0.3, 0.4) is 0 Å². The van der Waals surface area contributed by atoms with Crippen molar-refractivity contribution in [2.24, 2.45) is 0 Å². The molecule has 0 aliphatic heterocycles. The van der Waals surface area contributed by atoms with Crippen LogP contribution in [0.25, 0.3) is 22.3 Å². The highest BCUT2D eigenvalue weighted by atomic mass is 19.1. The highest BCUT2D eigenvalue weighted by Crippen LogP contribution is 2.29. The van der Waals surface area contributed by atoms with E-state index in [-0.39, 0.29) is 11.8 Å². The third kappa shape index (κ3) is 7.05. The number of hydrogen-bond donors (Lipinski definition) is 0. The van der Waals surface area contributed by atoms with E-state index >= 15 is 0 Å². The summed E-state index contributed by atoms with van der Waals surface area (Å²) >= 11 is 0. The molecule has 3 aromatic rings. The van der Waals surface area contributed by atoms with E-state index in [9.17, 15) is 9.18 Å². The van der Waals surface area contributed by atoms with Crippen LogP contribution in [0.5, 0.6) is 5.75 Å². The van der Waals surface area contributed by atoms with Gasteiger partial charge in [0.1, 0.15) is 11.6 Å². The predicted octanol–water partition coefficient (Wildman–Crippen LogP) is 6.70. The molecular formula is C28H26FNO3. The van der Waals surface area contributed by atoms with Crippen LogP contribution in [0.2, 0.25) is 0 Å². The minimum Gasteiger partial charge on any atom is -0.494 e. The summed E-state index contributed by atoms with van der Waals surface area (Å²) < 4.78 is 25.5. The lowest BCUT2D eigenvalue weighted by atomic mass is 9.99. The fourth-order valence-corrected chi connectivity index (χ4v) is 3.38. The van der Waals surface area contributed by atoms with Gasteiger partial charge in [-0.15, -0.1) is 0 Å². The van der Waals surface area contributed by atoms with E-state index in [1.54, 1.807) is 18.2 Å². The van der Waals surface area contributed by atoms with Crippen LogP contribution in [0.1, 0.15) is 31.2 Å². The molecule has 0 fully saturated rings. The summed E-state index contributed by atoms with van der Waals surface area (Å²) in [7, 11) is 0. The molecule has 0 heterocycles. The maximum atomic E-state index is 14.8. The quantitative estimate of drug-likeness (QED) is 0.188. The number of ether oxygens (including phenoxy) is 2. The number of carbonyl (C=O) groups excluding carboxylic acids is 1. The lowest BCUT2D eigenvalue weighted by Crippen LogP contribution is -2.02. The van der Waals surface area contributed by atoms with E-state index in [1.807, 2.05) is 42.5 Å². The smallest absolute Gasteiger partial charge is 0.330 e. The fourth-order valence-electron chi connectivity index (χ4n) is 3.38. The standard InChI is InChI=1S/C28H26FNO3/c1-2-28(31)33-18-6-4-3-5-17-32-25-14-11-23(12-15-25)26-16-13-24(19-27(26)29)22-9-7-21(20-30)8-10-22/h2,7-16,19H,1,3-6,17-18H2. The molecule has 0 aliphatic rings. The number of unbranched alkanes of at least 4 members (excludes halogenated alkanes) is 3. The molecule has 5 heteroatoms. The second-order valence-corrected chi connectivity index (χ2v) is 7.54. The van der Waals surface area contributed by atoms with Crippen LogP contribution in [0.4, 0.5) is 4.39 Å². The highest BCUT2D eigenvalue weighted by Gasteiger charge is 2.08. The van der Waals surface area contributed by atoms with Crippen LogP contribution in [0.15, 0.2) is 79.4 Å². The average molecular weight is 444 g/mol. The first-order valence-electron chi connectivity index (χ1n) is 10.9. The number of benzene rings is 3. The molecule has 168 valence electrons. The summed E-state index contributed by atoms with van der Waals surface area (Å²) in [5.41, 5.74) is 3.50. The largest absolute Gasteiger partial charge is 0.494 e. The Hall–Kier alpha value is -3.91. The van der Waals surface area contributed by atoms with Gasteiger partial charge in [0, 0.05) is 11.6 Å². The Morgan fingerprint density at radius 1 is 0.879 bits per heavy atom. The van der Waals surface area contributed by atoms with Gasteiger partial charge in [0.15, 0.2) is 0 Å². The number of esters is 1. The maximum absolute atomic E-state index is 14.8. The zero-order valence-electron chi connectivity index (χ0n) is 18.4. The van der Waals surface area contributed by atoms with Gasteiger partial charge in [-0.25, -0.2) is 9.18 Å². The highest BCUT2D eigenvalue weighted by molar-refractivity contribution is 5.81. The maximum Gasteiger partial charge on any atom is 0.330 e. The van der Waals surface area contributed by atoms with Crippen molar-refractivity contribution in [3.63, 3.8) is 0 Å². The van der Waals surface area contributed by atoms with Gasteiger partial charge in [0.25, 0.3) is 0 Å². The van der Waals surface area contributed by atoms with Crippen molar-refractivity contribution >= 4 is 5.97 Å². The molecule has 0 saturated heterocycles. The Bertz CT molecular complexity index is 1120. The number of nitrogens with zero attached hydrogens (tertiary/aromatic N) is 1. The molecule has 0 bridgehead atoms. The van der Waals surface area contributed by atoms with E-state index in [2.05, 4.69) is 12.6 Å². The molecule has 0 N–H and O–H groups in total. The Kier molecular flexibility index (Phi) is 8.79. The zero-order valence-corrected chi connectivity index (χ0v) is 18.4. The number of nitriles is 1. The summed E-state index contributed by atoms with van der Waals surface area (Å²) in [5.74, 6) is 0.0569. The minimum atomic E-state index is -0.385. The van der Waals surface area contributed by atoms with Gasteiger partial charge >= 0.3 is 5.97 Å². The van der Waals surface area contributed by atoms with E-state index in [4.69, 9.17) is 14.7 Å². The Balaban J connectivity index is 1.48. The molecule has 0 radical (unpaired) electrons. The van der Waals surface area contributed by atoms with Crippen LogP contribution >= 0.6 is 0 Å². The van der Waals surface area contributed by atoms with Crippen molar-refractivity contribution in [2.75, 3.05) is 13.2 Å². The molecule has 0 aromatic heterocycles. The molecule has 0 unspecified atom stereocenters. The van der Waals surface area contributed by atoms with Crippen LogP contribution in [-0.4, -0.2) is 19.2 Å².